The van der Waals surface area contributed by atoms with Crippen LogP contribution in [0.2, 0.25) is 0 Å². The van der Waals surface area contributed by atoms with E-state index in [0.717, 1.165) is 12.8 Å². The molecule has 2 aromatic rings. The smallest absolute Gasteiger partial charge is 0.255 e. The Balaban J connectivity index is 2.15. The van der Waals surface area contributed by atoms with Gasteiger partial charge in [0.05, 0.1) is 26.5 Å². The first-order chi connectivity index (χ1) is 11.7. The highest BCUT2D eigenvalue weighted by molar-refractivity contribution is 6.05. The summed E-state index contributed by atoms with van der Waals surface area (Å²) in [6.45, 7) is 2.73. The number of anilines is 1. The van der Waals surface area contributed by atoms with Crippen molar-refractivity contribution in [3.05, 3.63) is 48.0 Å². The topological polar surface area (TPSA) is 56.8 Å². The van der Waals surface area contributed by atoms with Gasteiger partial charge in [-0.15, -0.1) is 0 Å². The zero-order valence-corrected chi connectivity index (χ0v) is 14.3. The highest BCUT2D eigenvalue weighted by atomic mass is 16.5. The molecule has 0 aliphatic heterocycles. The Morgan fingerprint density at radius 2 is 1.75 bits per heavy atom. The minimum atomic E-state index is -0.234. The average Bonchev–Trinajstić information content (AvgIpc) is 2.62. The summed E-state index contributed by atoms with van der Waals surface area (Å²) in [6, 6.07) is 12.5. The van der Waals surface area contributed by atoms with Crippen molar-refractivity contribution in [3.8, 4) is 17.2 Å². The van der Waals surface area contributed by atoms with E-state index in [1.54, 1.807) is 25.3 Å². The standard InChI is InChI=1S/C19H23NO4/c1-4-5-12-24-16-9-7-6-8-15(16)20-19(21)14-10-11-17(22-2)18(13-14)23-3/h6-11,13H,4-5,12H2,1-3H3,(H,20,21). The zero-order valence-electron chi connectivity index (χ0n) is 14.3. The van der Waals surface area contributed by atoms with Gasteiger partial charge in [-0.05, 0) is 36.8 Å². The van der Waals surface area contributed by atoms with Gasteiger partial charge in [0.2, 0.25) is 0 Å². The molecule has 1 amide bonds. The molecule has 0 saturated heterocycles. The van der Waals surface area contributed by atoms with Crippen molar-refractivity contribution in [2.24, 2.45) is 0 Å². The van der Waals surface area contributed by atoms with Crippen LogP contribution < -0.4 is 19.5 Å². The van der Waals surface area contributed by atoms with E-state index in [0.29, 0.717) is 35.1 Å². The molecule has 0 aliphatic carbocycles. The molecule has 24 heavy (non-hydrogen) atoms. The van der Waals surface area contributed by atoms with Gasteiger partial charge < -0.3 is 19.5 Å². The number of hydrogen-bond donors (Lipinski definition) is 1. The third-order valence-corrected chi connectivity index (χ3v) is 3.54. The largest absolute Gasteiger partial charge is 0.493 e. The quantitative estimate of drug-likeness (QED) is 0.740. The molecule has 0 atom stereocenters. The third-order valence-electron chi connectivity index (χ3n) is 3.54. The molecule has 0 saturated carbocycles. The van der Waals surface area contributed by atoms with Crippen molar-refractivity contribution in [2.75, 3.05) is 26.1 Å². The van der Waals surface area contributed by atoms with Crippen LogP contribution in [-0.2, 0) is 0 Å². The maximum Gasteiger partial charge on any atom is 0.255 e. The zero-order chi connectivity index (χ0) is 17.4. The molecule has 0 heterocycles. The minimum Gasteiger partial charge on any atom is -0.493 e. The second-order valence-electron chi connectivity index (χ2n) is 5.22. The number of para-hydroxylation sites is 2. The molecule has 0 aliphatic rings. The predicted octanol–water partition coefficient (Wildman–Crippen LogP) is 4.14. The average molecular weight is 329 g/mol. The van der Waals surface area contributed by atoms with Crippen LogP contribution in [0.1, 0.15) is 30.1 Å². The summed E-state index contributed by atoms with van der Waals surface area (Å²) >= 11 is 0. The van der Waals surface area contributed by atoms with E-state index >= 15 is 0 Å². The minimum absolute atomic E-state index is 0.234. The Morgan fingerprint density at radius 1 is 1.00 bits per heavy atom. The lowest BCUT2D eigenvalue weighted by Crippen LogP contribution is -2.13. The summed E-state index contributed by atoms with van der Waals surface area (Å²) in [4.78, 5) is 12.5. The van der Waals surface area contributed by atoms with Crippen LogP contribution in [0.25, 0.3) is 0 Å². The van der Waals surface area contributed by atoms with Crippen molar-refractivity contribution in [1.82, 2.24) is 0 Å². The first-order valence-electron chi connectivity index (χ1n) is 7.94. The van der Waals surface area contributed by atoms with Crippen LogP contribution in [0, 0.1) is 0 Å². The molecule has 128 valence electrons. The van der Waals surface area contributed by atoms with Crippen molar-refractivity contribution < 1.29 is 19.0 Å². The fourth-order valence-corrected chi connectivity index (χ4v) is 2.19. The Kier molecular flexibility index (Phi) is 6.49. The second-order valence-corrected chi connectivity index (χ2v) is 5.22. The van der Waals surface area contributed by atoms with Crippen LogP contribution in [0.3, 0.4) is 0 Å². The van der Waals surface area contributed by atoms with Gasteiger partial charge in [0, 0.05) is 5.56 Å². The molecular formula is C19H23NO4. The number of ether oxygens (including phenoxy) is 3. The highest BCUT2D eigenvalue weighted by Crippen LogP contribution is 2.29. The predicted molar refractivity (Wildman–Crippen MR) is 94.3 cm³/mol. The first kappa shape index (κ1) is 17.7. The van der Waals surface area contributed by atoms with Crippen LogP contribution >= 0.6 is 0 Å². The number of nitrogens with one attached hydrogen (secondary N) is 1. The van der Waals surface area contributed by atoms with Crippen molar-refractivity contribution in [3.63, 3.8) is 0 Å². The lowest BCUT2D eigenvalue weighted by molar-refractivity contribution is 0.102. The van der Waals surface area contributed by atoms with Crippen molar-refractivity contribution in [2.45, 2.75) is 19.8 Å². The summed E-state index contributed by atoms with van der Waals surface area (Å²) in [6.07, 6.45) is 2.03. The number of benzene rings is 2. The molecule has 0 aromatic heterocycles. The maximum absolute atomic E-state index is 12.5. The van der Waals surface area contributed by atoms with Gasteiger partial charge in [-0.25, -0.2) is 0 Å². The second kappa shape index (κ2) is 8.82. The number of amides is 1. The molecule has 0 spiro atoms. The van der Waals surface area contributed by atoms with E-state index in [2.05, 4.69) is 12.2 Å². The van der Waals surface area contributed by atoms with Crippen LogP contribution in [-0.4, -0.2) is 26.7 Å². The van der Waals surface area contributed by atoms with Gasteiger partial charge in [0.15, 0.2) is 11.5 Å². The Hall–Kier alpha value is -2.69. The summed E-state index contributed by atoms with van der Waals surface area (Å²) in [7, 11) is 3.10. The number of methoxy groups -OCH3 is 2. The number of carbonyl (C=O) groups is 1. The van der Waals surface area contributed by atoms with Crippen molar-refractivity contribution >= 4 is 11.6 Å². The summed E-state index contributed by atoms with van der Waals surface area (Å²) < 4.78 is 16.2. The highest BCUT2D eigenvalue weighted by Gasteiger charge is 2.13. The molecule has 1 N–H and O–H groups in total. The molecule has 5 heteroatoms. The van der Waals surface area contributed by atoms with E-state index in [1.807, 2.05) is 24.3 Å². The molecular weight excluding hydrogens is 306 g/mol. The Labute approximate surface area is 142 Å². The van der Waals surface area contributed by atoms with Crippen molar-refractivity contribution in [1.29, 1.82) is 0 Å². The van der Waals surface area contributed by atoms with Crippen LogP contribution in [0.5, 0.6) is 17.2 Å². The molecule has 0 radical (unpaired) electrons. The van der Waals surface area contributed by atoms with Gasteiger partial charge in [-0.1, -0.05) is 25.5 Å². The normalized spacial score (nSPS) is 10.1. The lowest BCUT2D eigenvalue weighted by Gasteiger charge is -2.13. The van der Waals surface area contributed by atoms with E-state index in [4.69, 9.17) is 14.2 Å². The van der Waals surface area contributed by atoms with Gasteiger partial charge >= 0.3 is 0 Å². The fraction of sp³-hybridized carbons (Fsp3) is 0.316. The van der Waals surface area contributed by atoms with Gasteiger partial charge in [0.25, 0.3) is 5.91 Å². The fourth-order valence-electron chi connectivity index (χ4n) is 2.19. The third kappa shape index (κ3) is 4.41. The molecule has 2 rings (SSSR count). The molecule has 0 fully saturated rings. The van der Waals surface area contributed by atoms with Crippen LogP contribution in [0.15, 0.2) is 42.5 Å². The van der Waals surface area contributed by atoms with Gasteiger partial charge in [0.1, 0.15) is 5.75 Å². The number of unbranched alkanes of at least 4 members (excludes halogenated alkanes) is 1. The number of carbonyl (C=O) groups excluding carboxylic acids is 1. The molecule has 0 unspecified atom stereocenters. The van der Waals surface area contributed by atoms with Crippen LogP contribution in [0.4, 0.5) is 5.69 Å². The maximum atomic E-state index is 12.5. The Morgan fingerprint density at radius 3 is 2.46 bits per heavy atom. The van der Waals surface area contributed by atoms with E-state index in [9.17, 15) is 4.79 Å². The number of hydrogen-bond acceptors (Lipinski definition) is 4. The van der Waals surface area contributed by atoms with E-state index in [-0.39, 0.29) is 5.91 Å². The van der Waals surface area contributed by atoms with E-state index < -0.39 is 0 Å². The van der Waals surface area contributed by atoms with Gasteiger partial charge in [-0.2, -0.15) is 0 Å². The Bertz CT molecular complexity index is 685. The monoisotopic (exact) mass is 329 g/mol. The summed E-state index contributed by atoms with van der Waals surface area (Å²) in [5.41, 5.74) is 1.13. The molecule has 2 aromatic carbocycles. The SMILES string of the molecule is CCCCOc1ccccc1NC(=O)c1ccc(OC)c(OC)c1. The van der Waals surface area contributed by atoms with Gasteiger partial charge in [-0.3, -0.25) is 4.79 Å². The first-order valence-corrected chi connectivity index (χ1v) is 7.94. The molecule has 0 bridgehead atoms. The lowest BCUT2D eigenvalue weighted by atomic mass is 10.1. The summed E-state index contributed by atoms with van der Waals surface area (Å²) in [5, 5.41) is 2.88. The number of rotatable bonds is 8. The van der Waals surface area contributed by atoms with E-state index in [1.165, 1.54) is 7.11 Å². The molecule has 5 nitrogen and oxygen atoms in total. The summed E-state index contributed by atoms with van der Waals surface area (Å²) in [5.74, 6) is 1.53.